The molecule has 0 aromatic rings. The summed E-state index contributed by atoms with van der Waals surface area (Å²) in [6, 6.07) is 0. The Kier molecular flexibility index (Phi) is 25.4. The molecule has 14 heavy (non-hydrogen) atoms. The second kappa shape index (κ2) is 18.4. The Morgan fingerprint density at radius 2 is 1.29 bits per heavy atom. The standard InChI is InChI=1S/C5H11N.C4H8.C2H6.CH4O/c1-6-4-2-3-5-6;1-4(2)3;2*1-2/h2-5H2,1H3;1H2,2-3H3;1-2H3;2H,1H3. The van der Waals surface area contributed by atoms with Gasteiger partial charge in [-0.3, -0.25) is 0 Å². The molecule has 1 N–H and O–H groups in total. The fourth-order valence-electron chi connectivity index (χ4n) is 0.875. The number of rotatable bonds is 0. The molecule has 0 saturated carbocycles. The van der Waals surface area contributed by atoms with Gasteiger partial charge in [0, 0.05) is 7.11 Å². The Morgan fingerprint density at radius 1 is 1.07 bits per heavy atom. The summed E-state index contributed by atoms with van der Waals surface area (Å²) >= 11 is 0. The fourth-order valence-corrected chi connectivity index (χ4v) is 0.875. The topological polar surface area (TPSA) is 23.5 Å². The molecule has 88 valence electrons. The lowest BCUT2D eigenvalue weighted by Gasteiger charge is -2.01. The van der Waals surface area contributed by atoms with Crippen LogP contribution in [0.1, 0.15) is 40.5 Å². The van der Waals surface area contributed by atoms with Gasteiger partial charge in [-0.15, -0.1) is 6.58 Å². The molecule has 1 fully saturated rings. The second-order valence-corrected chi connectivity index (χ2v) is 3.22. The van der Waals surface area contributed by atoms with Crippen LogP contribution in [0, 0.1) is 0 Å². The second-order valence-electron chi connectivity index (χ2n) is 3.22. The first-order chi connectivity index (χ1) is 6.63. The Bertz CT molecular complexity index is 92.5. The van der Waals surface area contributed by atoms with E-state index in [2.05, 4.69) is 18.5 Å². The van der Waals surface area contributed by atoms with Crippen molar-refractivity contribution in [1.82, 2.24) is 4.90 Å². The van der Waals surface area contributed by atoms with E-state index >= 15 is 0 Å². The lowest BCUT2D eigenvalue weighted by Crippen LogP contribution is -2.10. The molecule has 0 aromatic carbocycles. The number of likely N-dealkylation sites (tertiary alicyclic amines) is 1. The summed E-state index contributed by atoms with van der Waals surface area (Å²) in [6.45, 7) is 14.1. The number of hydrogen-bond donors (Lipinski definition) is 1. The van der Waals surface area contributed by atoms with Crippen LogP contribution in [-0.2, 0) is 0 Å². The lowest BCUT2D eigenvalue weighted by molar-refractivity contribution is 0.399. The molecule has 1 aliphatic rings. The SMILES string of the molecule is C=C(C)C.CC.CN1CCCC1.CO. The molecular formula is C12H29NO. The van der Waals surface area contributed by atoms with Crippen molar-refractivity contribution in [2.24, 2.45) is 0 Å². The molecule has 0 amide bonds. The molecule has 1 rings (SSSR count). The summed E-state index contributed by atoms with van der Waals surface area (Å²) in [5, 5.41) is 7.00. The largest absolute Gasteiger partial charge is 0.400 e. The minimum atomic E-state index is 1.00. The predicted octanol–water partition coefficient (Wildman–Crippen LogP) is 2.93. The van der Waals surface area contributed by atoms with Crippen LogP contribution in [0.4, 0.5) is 0 Å². The van der Waals surface area contributed by atoms with E-state index in [0.29, 0.717) is 0 Å². The van der Waals surface area contributed by atoms with Crippen LogP contribution in [0.25, 0.3) is 0 Å². The molecular weight excluding hydrogens is 174 g/mol. The molecule has 2 nitrogen and oxygen atoms in total. The average molecular weight is 203 g/mol. The third-order valence-electron chi connectivity index (χ3n) is 1.33. The minimum Gasteiger partial charge on any atom is -0.400 e. The highest BCUT2D eigenvalue weighted by Gasteiger charge is 2.03. The monoisotopic (exact) mass is 203 g/mol. The summed E-state index contributed by atoms with van der Waals surface area (Å²) in [6.07, 6.45) is 2.83. The van der Waals surface area contributed by atoms with Gasteiger partial charge < -0.3 is 10.0 Å². The number of hydrogen-bond acceptors (Lipinski definition) is 2. The van der Waals surface area contributed by atoms with Crippen molar-refractivity contribution < 1.29 is 5.11 Å². The predicted molar refractivity (Wildman–Crippen MR) is 66.7 cm³/mol. The van der Waals surface area contributed by atoms with Crippen LogP contribution in [0.5, 0.6) is 0 Å². The molecule has 0 unspecified atom stereocenters. The normalized spacial score (nSPS) is 13.6. The Balaban J connectivity index is -0.000000134. The fraction of sp³-hybridized carbons (Fsp3) is 0.833. The zero-order valence-corrected chi connectivity index (χ0v) is 10.9. The molecule has 0 aromatic heterocycles. The summed E-state index contributed by atoms with van der Waals surface area (Å²) < 4.78 is 0. The third-order valence-corrected chi connectivity index (χ3v) is 1.33. The number of nitrogens with zero attached hydrogens (tertiary/aromatic N) is 1. The van der Waals surface area contributed by atoms with Crippen molar-refractivity contribution >= 4 is 0 Å². The van der Waals surface area contributed by atoms with E-state index < -0.39 is 0 Å². The maximum Gasteiger partial charge on any atom is 0.0319 e. The molecule has 0 spiro atoms. The van der Waals surface area contributed by atoms with Crippen LogP contribution in [0.15, 0.2) is 12.2 Å². The van der Waals surface area contributed by atoms with E-state index in [9.17, 15) is 0 Å². The first kappa shape index (κ1) is 19.3. The van der Waals surface area contributed by atoms with Gasteiger partial charge in [0.15, 0.2) is 0 Å². The van der Waals surface area contributed by atoms with E-state index in [1.54, 1.807) is 0 Å². The highest BCUT2D eigenvalue weighted by molar-refractivity contribution is 4.78. The van der Waals surface area contributed by atoms with Crippen molar-refractivity contribution in [1.29, 1.82) is 0 Å². The first-order valence-corrected chi connectivity index (χ1v) is 5.38. The van der Waals surface area contributed by atoms with E-state index in [-0.39, 0.29) is 0 Å². The van der Waals surface area contributed by atoms with Crippen LogP contribution in [0.3, 0.4) is 0 Å². The summed E-state index contributed by atoms with van der Waals surface area (Å²) in [4.78, 5) is 2.36. The van der Waals surface area contributed by atoms with Gasteiger partial charge in [0.25, 0.3) is 0 Å². The molecule has 0 radical (unpaired) electrons. The van der Waals surface area contributed by atoms with E-state index in [1.807, 2.05) is 27.7 Å². The zero-order valence-electron chi connectivity index (χ0n) is 10.9. The van der Waals surface area contributed by atoms with Crippen molar-refractivity contribution in [3.8, 4) is 0 Å². The zero-order chi connectivity index (χ0) is 12.0. The molecule has 0 atom stereocenters. The first-order valence-electron chi connectivity index (χ1n) is 5.38. The summed E-state index contributed by atoms with van der Waals surface area (Å²) in [7, 11) is 3.17. The Labute approximate surface area is 90.6 Å². The summed E-state index contributed by atoms with van der Waals surface area (Å²) in [5.41, 5.74) is 1.17. The Hall–Kier alpha value is -0.340. The molecule has 0 bridgehead atoms. The van der Waals surface area contributed by atoms with Crippen molar-refractivity contribution in [2.45, 2.75) is 40.5 Å². The highest BCUT2D eigenvalue weighted by Crippen LogP contribution is 2.02. The van der Waals surface area contributed by atoms with Gasteiger partial charge in [0.2, 0.25) is 0 Å². The lowest BCUT2D eigenvalue weighted by atomic mass is 10.4. The third kappa shape index (κ3) is 29.9. The maximum atomic E-state index is 7.00. The molecule has 1 heterocycles. The van der Waals surface area contributed by atoms with Gasteiger partial charge in [-0.25, -0.2) is 0 Å². The number of aliphatic hydroxyl groups excluding tert-OH is 1. The molecule has 2 heteroatoms. The van der Waals surface area contributed by atoms with Gasteiger partial charge in [-0.2, -0.15) is 0 Å². The quantitative estimate of drug-likeness (QED) is 0.612. The summed E-state index contributed by atoms with van der Waals surface area (Å²) in [5.74, 6) is 0. The molecule has 0 aliphatic carbocycles. The number of allylic oxidation sites excluding steroid dienone is 1. The molecule has 1 saturated heterocycles. The van der Waals surface area contributed by atoms with Crippen LogP contribution in [-0.4, -0.2) is 37.3 Å². The molecule has 1 aliphatic heterocycles. The van der Waals surface area contributed by atoms with Crippen molar-refractivity contribution in [3.05, 3.63) is 12.2 Å². The van der Waals surface area contributed by atoms with Gasteiger partial charge in [-0.1, -0.05) is 19.4 Å². The van der Waals surface area contributed by atoms with Crippen molar-refractivity contribution in [2.75, 3.05) is 27.2 Å². The smallest absolute Gasteiger partial charge is 0.0319 e. The maximum absolute atomic E-state index is 7.00. The average Bonchev–Trinajstić information content (AvgIpc) is 2.62. The highest BCUT2D eigenvalue weighted by atomic mass is 16.2. The van der Waals surface area contributed by atoms with Gasteiger partial charge in [0.05, 0.1) is 0 Å². The number of aliphatic hydroxyl groups is 1. The van der Waals surface area contributed by atoms with Crippen molar-refractivity contribution in [3.63, 3.8) is 0 Å². The van der Waals surface area contributed by atoms with E-state index in [0.717, 1.165) is 7.11 Å². The van der Waals surface area contributed by atoms with Gasteiger partial charge in [0.1, 0.15) is 0 Å². The van der Waals surface area contributed by atoms with Gasteiger partial charge >= 0.3 is 0 Å². The Morgan fingerprint density at radius 3 is 1.36 bits per heavy atom. The van der Waals surface area contributed by atoms with E-state index in [1.165, 1.54) is 31.5 Å². The van der Waals surface area contributed by atoms with Gasteiger partial charge in [-0.05, 0) is 46.8 Å². The van der Waals surface area contributed by atoms with E-state index in [4.69, 9.17) is 5.11 Å². The minimum absolute atomic E-state index is 1.00. The van der Waals surface area contributed by atoms with Crippen LogP contribution >= 0.6 is 0 Å². The van der Waals surface area contributed by atoms with Crippen LogP contribution < -0.4 is 0 Å². The van der Waals surface area contributed by atoms with Crippen LogP contribution in [0.2, 0.25) is 0 Å².